The van der Waals surface area contributed by atoms with Crippen molar-refractivity contribution in [2.24, 2.45) is 0 Å². The first-order valence-electron chi connectivity index (χ1n) is 10.2. The van der Waals surface area contributed by atoms with Gasteiger partial charge in [0.2, 0.25) is 5.13 Å². The van der Waals surface area contributed by atoms with E-state index in [2.05, 4.69) is 34.6 Å². The van der Waals surface area contributed by atoms with Crippen LogP contribution >= 0.6 is 11.3 Å². The average molecular weight is 441 g/mol. The Morgan fingerprint density at radius 3 is 2.47 bits per heavy atom. The minimum absolute atomic E-state index is 0.0204. The summed E-state index contributed by atoms with van der Waals surface area (Å²) in [4.78, 5) is 15.6. The zero-order valence-corrected chi connectivity index (χ0v) is 17.9. The van der Waals surface area contributed by atoms with Crippen molar-refractivity contribution in [2.75, 3.05) is 11.9 Å². The van der Waals surface area contributed by atoms with Crippen LogP contribution < -0.4 is 5.32 Å². The molecule has 0 aliphatic rings. The number of anilines is 1. The number of aromatic nitrogens is 3. The van der Waals surface area contributed by atoms with Crippen molar-refractivity contribution in [3.8, 4) is 16.4 Å². The van der Waals surface area contributed by atoms with Crippen LogP contribution in [-0.4, -0.2) is 32.4 Å². The highest BCUT2D eigenvalue weighted by atomic mass is 32.1. The van der Waals surface area contributed by atoms with Crippen LogP contribution in [0.25, 0.3) is 27.3 Å². The molecule has 32 heavy (non-hydrogen) atoms. The first-order chi connectivity index (χ1) is 15.7. The molecule has 2 aromatic heterocycles. The van der Waals surface area contributed by atoms with E-state index in [1.165, 1.54) is 22.3 Å². The van der Waals surface area contributed by atoms with E-state index in [1.807, 2.05) is 54.6 Å². The second kappa shape index (κ2) is 8.64. The van der Waals surface area contributed by atoms with Crippen molar-refractivity contribution in [3.05, 3.63) is 95.5 Å². The fourth-order valence-electron chi connectivity index (χ4n) is 3.64. The van der Waals surface area contributed by atoms with Crippen LogP contribution in [0.1, 0.15) is 16.1 Å². The van der Waals surface area contributed by atoms with Crippen LogP contribution in [0.5, 0.6) is 0 Å². The van der Waals surface area contributed by atoms with Crippen molar-refractivity contribution in [3.63, 3.8) is 0 Å². The molecular weight excluding hydrogens is 420 g/mol. The Morgan fingerprint density at radius 2 is 1.75 bits per heavy atom. The first kappa shape index (κ1) is 20.0. The van der Waals surface area contributed by atoms with Crippen LogP contribution in [0.3, 0.4) is 0 Å². The fraction of sp³-hybridized carbons (Fsp3) is 0.0800. The van der Waals surface area contributed by atoms with Gasteiger partial charge in [-0.2, -0.15) is 5.10 Å². The number of carboxylic acids is 1. The van der Waals surface area contributed by atoms with Crippen LogP contribution in [0.2, 0.25) is 0 Å². The quantitative estimate of drug-likeness (QED) is 0.349. The van der Waals surface area contributed by atoms with Gasteiger partial charge in [0.1, 0.15) is 5.69 Å². The van der Waals surface area contributed by atoms with E-state index in [1.54, 1.807) is 4.68 Å². The molecule has 0 aliphatic carbocycles. The number of benzene rings is 3. The van der Waals surface area contributed by atoms with E-state index in [9.17, 15) is 9.90 Å². The number of fused-ring (bicyclic) bond motifs is 1. The maximum absolute atomic E-state index is 11.3. The van der Waals surface area contributed by atoms with Crippen LogP contribution in [0.4, 0.5) is 5.69 Å². The number of nitrogens with zero attached hydrogens (tertiary/aromatic N) is 3. The SMILES string of the molecule is O=C(O)c1csc(-n2nc(-c3ccccc3)c3ccc(NCCc4ccccc4)cc32)n1. The summed E-state index contributed by atoms with van der Waals surface area (Å²) in [6, 6.07) is 26.5. The highest BCUT2D eigenvalue weighted by Gasteiger charge is 2.17. The predicted molar refractivity (Wildman–Crippen MR) is 128 cm³/mol. The second-order valence-electron chi connectivity index (χ2n) is 7.34. The minimum Gasteiger partial charge on any atom is -0.476 e. The number of thiazole rings is 1. The van der Waals surface area contributed by atoms with E-state index in [0.717, 1.165) is 40.8 Å². The molecule has 0 saturated carbocycles. The van der Waals surface area contributed by atoms with E-state index >= 15 is 0 Å². The predicted octanol–water partition coefficient (Wildman–Crippen LogP) is 5.50. The van der Waals surface area contributed by atoms with Gasteiger partial charge < -0.3 is 10.4 Å². The lowest BCUT2D eigenvalue weighted by atomic mass is 10.1. The highest BCUT2D eigenvalue weighted by molar-refractivity contribution is 7.12. The van der Waals surface area contributed by atoms with E-state index in [-0.39, 0.29) is 5.69 Å². The standard InChI is InChI=1S/C25H20N4O2S/c30-24(31)21-16-32-25(27-21)29-22-15-19(26-14-13-17-7-3-1-4-8-17)11-12-20(22)23(28-29)18-9-5-2-6-10-18/h1-12,15-16,26H,13-14H2,(H,30,31). The molecule has 3 aromatic carbocycles. The molecule has 2 N–H and O–H groups in total. The zero-order valence-electron chi connectivity index (χ0n) is 17.1. The normalized spacial score (nSPS) is 11.0. The Hall–Kier alpha value is -3.97. The zero-order chi connectivity index (χ0) is 21.9. The third-order valence-electron chi connectivity index (χ3n) is 5.21. The van der Waals surface area contributed by atoms with Gasteiger partial charge in [-0.05, 0) is 30.2 Å². The van der Waals surface area contributed by atoms with Gasteiger partial charge in [0, 0.05) is 28.6 Å². The largest absolute Gasteiger partial charge is 0.476 e. The minimum atomic E-state index is -1.05. The van der Waals surface area contributed by atoms with Gasteiger partial charge in [0.25, 0.3) is 0 Å². The van der Waals surface area contributed by atoms with Crippen molar-refractivity contribution in [1.29, 1.82) is 0 Å². The molecule has 0 spiro atoms. The van der Waals surface area contributed by atoms with Gasteiger partial charge in [0.15, 0.2) is 5.69 Å². The lowest BCUT2D eigenvalue weighted by molar-refractivity contribution is 0.0691. The molecule has 7 heteroatoms. The molecule has 5 rings (SSSR count). The Balaban J connectivity index is 1.52. The van der Waals surface area contributed by atoms with Crippen molar-refractivity contribution in [2.45, 2.75) is 6.42 Å². The number of nitrogens with one attached hydrogen (secondary N) is 1. The van der Waals surface area contributed by atoms with E-state index in [0.29, 0.717) is 5.13 Å². The number of hydrogen-bond donors (Lipinski definition) is 2. The molecule has 0 unspecified atom stereocenters. The monoisotopic (exact) mass is 440 g/mol. The summed E-state index contributed by atoms with van der Waals surface area (Å²) in [7, 11) is 0. The Morgan fingerprint density at radius 1 is 1.00 bits per heavy atom. The number of hydrogen-bond acceptors (Lipinski definition) is 5. The molecular formula is C25H20N4O2S. The van der Waals surface area contributed by atoms with Crippen LogP contribution in [-0.2, 0) is 6.42 Å². The Labute approximate surface area is 188 Å². The summed E-state index contributed by atoms with van der Waals surface area (Å²) < 4.78 is 1.73. The smallest absolute Gasteiger partial charge is 0.355 e. The average Bonchev–Trinajstić information content (AvgIpc) is 3.45. The number of carbonyl (C=O) groups is 1. The van der Waals surface area contributed by atoms with Crippen molar-refractivity contribution >= 4 is 33.9 Å². The Bertz CT molecular complexity index is 1380. The maximum Gasteiger partial charge on any atom is 0.355 e. The summed E-state index contributed by atoms with van der Waals surface area (Å²) in [5.74, 6) is -1.05. The van der Waals surface area contributed by atoms with E-state index < -0.39 is 5.97 Å². The van der Waals surface area contributed by atoms with Gasteiger partial charge in [-0.3, -0.25) is 0 Å². The molecule has 5 aromatic rings. The highest BCUT2D eigenvalue weighted by Crippen LogP contribution is 2.32. The molecule has 0 saturated heterocycles. The van der Waals surface area contributed by atoms with E-state index in [4.69, 9.17) is 5.10 Å². The molecule has 158 valence electrons. The third-order valence-corrected chi connectivity index (χ3v) is 6.02. The number of rotatable bonds is 7. The molecule has 0 radical (unpaired) electrons. The van der Waals surface area contributed by atoms with Crippen LogP contribution in [0, 0.1) is 0 Å². The number of carboxylic acid groups (broad SMARTS) is 1. The molecule has 0 amide bonds. The molecule has 6 nitrogen and oxygen atoms in total. The van der Waals surface area contributed by atoms with Crippen LogP contribution in [0.15, 0.2) is 84.2 Å². The molecule has 0 fully saturated rings. The fourth-order valence-corrected chi connectivity index (χ4v) is 4.40. The summed E-state index contributed by atoms with van der Waals surface area (Å²) in [5.41, 5.74) is 4.98. The topological polar surface area (TPSA) is 80.0 Å². The molecule has 0 bridgehead atoms. The molecule has 0 atom stereocenters. The van der Waals surface area contributed by atoms with Gasteiger partial charge in [-0.25, -0.2) is 14.5 Å². The maximum atomic E-state index is 11.3. The summed E-state index contributed by atoms with van der Waals surface area (Å²) >= 11 is 1.26. The van der Waals surface area contributed by atoms with Gasteiger partial charge in [-0.15, -0.1) is 11.3 Å². The summed E-state index contributed by atoms with van der Waals surface area (Å²) in [6.07, 6.45) is 0.919. The lowest BCUT2D eigenvalue weighted by Crippen LogP contribution is -2.05. The Kier molecular flexibility index (Phi) is 5.39. The lowest BCUT2D eigenvalue weighted by Gasteiger charge is -2.07. The van der Waals surface area contributed by atoms with Crippen molar-refractivity contribution in [1.82, 2.24) is 14.8 Å². The van der Waals surface area contributed by atoms with Crippen molar-refractivity contribution < 1.29 is 9.90 Å². The summed E-state index contributed by atoms with van der Waals surface area (Å²) in [6.45, 7) is 0.801. The van der Waals surface area contributed by atoms with Gasteiger partial charge >= 0.3 is 5.97 Å². The van der Waals surface area contributed by atoms with Gasteiger partial charge in [0.05, 0.1) is 5.52 Å². The second-order valence-corrected chi connectivity index (χ2v) is 8.18. The third kappa shape index (κ3) is 3.98. The molecule has 0 aliphatic heterocycles. The van der Waals surface area contributed by atoms with Gasteiger partial charge in [-0.1, -0.05) is 60.7 Å². The molecule has 2 heterocycles. The summed E-state index contributed by atoms with van der Waals surface area (Å²) in [5, 5.41) is 20.6. The first-order valence-corrected chi connectivity index (χ1v) is 11.1. The number of aromatic carboxylic acids is 1.